The summed E-state index contributed by atoms with van der Waals surface area (Å²) in [5.41, 5.74) is 1.45. The van der Waals surface area contributed by atoms with Crippen LogP contribution in [0.15, 0.2) is 36.5 Å². The van der Waals surface area contributed by atoms with Gasteiger partial charge in [0, 0.05) is 49.1 Å². The van der Waals surface area contributed by atoms with E-state index in [0.717, 1.165) is 37.7 Å². The van der Waals surface area contributed by atoms with Crippen molar-refractivity contribution in [1.82, 2.24) is 9.88 Å². The van der Waals surface area contributed by atoms with Gasteiger partial charge in [0.25, 0.3) is 5.91 Å². The molecule has 0 bridgehead atoms. The van der Waals surface area contributed by atoms with E-state index in [-0.39, 0.29) is 5.91 Å². The van der Waals surface area contributed by atoms with Crippen molar-refractivity contribution in [2.24, 2.45) is 0 Å². The average Bonchev–Trinajstić information content (AvgIpc) is 2.81. The van der Waals surface area contributed by atoms with Crippen molar-refractivity contribution in [2.45, 2.75) is 57.0 Å². The molecule has 0 atom stereocenters. The first-order chi connectivity index (χ1) is 15.0. The molecular weight excluding hydrogens is 431 g/mol. The Morgan fingerprint density at radius 2 is 1.74 bits per heavy atom. The maximum atomic E-state index is 13.0. The number of hydrogen-bond donors (Lipinski definition) is 1. The van der Waals surface area contributed by atoms with Gasteiger partial charge in [-0.05, 0) is 56.0 Å². The quantitative estimate of drug-likeness (QED) is 0.605. The third kappa shape index (κ3) is 5.51. The highest BCUT2D eigenvalue weighted by Crippen LogP contribution is 2.31. The largest absolute Gasteiger partial charge is 0.371 e. The molecule has 1 aliphatic heterocycles. The SMILES string of the molecule is CN(c1ccc(Cl)cc1C(=O)Nc1ccc(Cl)cn1)C1CCN(C2CCCCC2)CC1. The van der Waals surface area contributed by atoms with Crippen LogP contribution in [0, 0.1) is 0 Å². The molecule has 1 aromatic heterocycles. The van der Waals surface area contributed by atoms with Gasteiger partial charge in [0.2, 0.25) is 0 Å². The summed E-state index contributed by atoms with van der Waals surface area (Å²) in [5.74, 6) is 0.239. The molecule has 2 aromatic rings. The van der Waals surface area contributed by atoms with Gasteiger partial charge in [-0.15, -0.1) is 0 Å². The summed E-state index contributed by atoms with van der Waals surface area (Å²) in [4.78, 5) is 22.1. The highest BCUT2D eigenvalue weighted by molar-refractivity contribution is 6.31. The lowest BCUT2D eigenvalue weighted by Crippen LogP contribution is -2.48. The van der Waals surface area contributed by atoms with Gasteiger partial charge in [-0.1, -0.05) is 42.5 Å². The van der Waals surface area contributed by atoms with E-state index in [1.807, 2.05) is 12.1 Å². The van der Waals surface area contributed by atoms with E-state index in [9.17, 15) is 4.79 Å². The summed E-state index contributed by atoms with van der Waals surface area (Å²) >= 11 is 12.1. The molecule has 1 amide bonds. The van der Waals surface area contributed by atoms with Crippen LogP contribution < -0.4 is 10.2 Å². The van der Waals surface area contributed by atoms with Gasteiger partial charge in [0.1, 0.15) is 5.82 Å². The van der Waals surface area contributed by atoms with Crippen molar-refractivity contribution in [2.75, 3.05) is 30.4 Å². The molecule has 0 unspecified atom stereocenters. The summed E-state index contributed by atoms with van der Waals surface area (Å²) < 4.78 is 0. The van der Waals surface area contributed by atoms with Crippen molar-refractivity contribution in [3.8, 4) is 0 Å². The number of halogens is 2. The molecule has 1 saturated heterocycles. The van der Waals surface area contributed by atoms with Crippen LogP contribution in [0.3, 0.4) is 0 Å². The summed E-state index contributed by atoms with van der Waals surface area (Å²) in [6.07, 6.45) is 10.6. The molecule has 31 heavy (non-hydrogen) atoms. The van der Waals surface area contributed by atoms with Crippen LogP contribution in [0.2, 0.25) is 10.0 Å². The second-order valence-electron chi connectivity index (χ2n) is 8.65. The molecule has 166 valence electrons. The van der Waals surface area contributed by atoms with Gasteiger partial charge in [0.15, 0.2) is 0 Å². The zero-order valence-corrected chi connectivity index (χ0v) is 19.5. The summed E-state index contributed by atoms with van der Waals surface area (Å²) in [7, 11) is 2.08. The molecule has 2 heterocycles. The molecule has 0 radical (unpaired) electrons. The van der Waals surface area contributed by atoms with Crippen LogP contribution in [0.5, 0.6) is 0 Å². The first-order valence-corrected chi connectivity index (χ1v) is 12.0. The van der Waals surface area contributed by atoms with E-state index in [0.29, 0.717) is 27.5 Å². The van der Waals surface area contributed by atoms with Crippen molar-refractivity contribution >= 4 is 40.6 Å². The number of carbonyl (C=O) groups excluding carboxylic acids is 1. The number of nitrogens with one attached hydrogen (secondary N) is 1. The zero-order chi connectivity index (χ0) is 21.8. The van der Waals surface area contributed by atoms with Crippen molar-refractivity contribution in [1.29, 1.82) is 0 Å². The fraction of sp³-hybridized carbons (Fsp3) is 0.500. The molecule has 2 fully saturated rings. The Morgan fingerprint density at radius 1 is 1.03 bits per heavy atom. The molecule has 7 heteroatoms. The van der Waals surface area contributed by atoms with Crippen LogP contribution in [-0.4, -0.2) is 48.0 Å². The predicted octanol–water partition coefficient (Wildman–Crippen LogP) is 5.87. The van der Waals surface area contributed by atoms with Crippen molar-refractivity contribution in [3.63, 3.8) is 0 Å². The summed E-state index contributed by atoms with van der Waals surface area (Å²) in [5, 5.41) is 3.93. The monoisotopic (exact) mass is 460 g/mol. The highest BCUT2D eigenvalue weighted by Gasteiger charge is 2.29. The van der Waals surface area contributed by atoms with E-state index in [1.165, 1.54) is 38.3 Å². The maximum Gasteiger partial charge on any atom is 0.258 e. The fourth-order valence-electron chi connectivity index (χ4n) is 4.91. The minimum atomic E-state index is -0.223. The second-order valence-corrected chi connectivity index (χ2v) is 9.52. The number of amides is 1. The van der Waals surface area contributed by atoms with E-state index < -0.39 is 0 Å². The van der Waals surface area contributed by atoms with Gasteiger partial charge in [0.05, 0.1) is 10.6 Å². The van der Waals surface area contributed by atoms with E-state index in [1.54, 1.807) is 18.2 Å². The average molecular weight is 461 g/mol. The molecule has 2 aliphatic rings. The molecule has 1 saturated carbocycles. The number of pyridine rings is 1. The Labute approximate surface area is 194 Å². The predicted molar refractivity (Wildman–Crippen MR) is 129 cm³/mol. The van der Waals surface area contributed by atoms with Crippen LogP contribution in [0.1, 0.15) is 55.3 Å². The Bertz CT molecular complexity index is 891. The van der Waals surface area contributed by atoms with Crippen LogP contribution >= 0.6 is 23.2 Å². The Balaban J connectivity index is 1.45. The van der Waals surface area contributed by atoms with Crippen molar-refractivity contribution < 1.29 is 4.79 Å². The topological polar surface area (TPSA) is 48.5 Å². The molecule has 1 N–H and O–H groups in total. The van der Waals surface area contributed by atoms with Gasteiger partial charge in [-0.25, -0.2) is 4.98 Å². The van der Waals surface area contributed by atoms with E-state index in [2.05, 4.69) is 27.1 Å². The van der Waals surface area contributed by atoms with Gasteiger partial charge >= 0.3 is 0 Å². The number of hydrogen-bond acceptors (Lipinski definition) is 4. The van der Waals surface area contributed by atoms with E-state index in [4.69, 9.17) is 23.2 Å². The fourth-order valence-corrected chi connectivity index (χ4v) is 5.20. The zero-order valence-electron chi connectivity index (χ0n) is 18.0. The molecule has 0 spiro atoms. The molecule has 5 nitrogen and oxygen atoms in total. The Kier molecular flexibility index (Phi) is 7.36. The number of piperidine rings is 1. The van der Waals surface area contributed by atoms with E-state index >= 15 is 0 Å². The number of anilines is 2. The first kappa shape index (κ1) is 22.4. The Morgan fingerprint density at radius 3 is 2.42 bits per heavy atom. The lowest BCUT2D eigenvalue weighted by molar-refractivity contribution is 0.102. The third-order valence-corrected chi connectivity index (χ3v) is 7.15. The Hall–Kier alpha value is -1.82. The molecular formula is C24H30Cl2N4O. The number of aromatic nitrogens is 1. The van der Waals surface area contributed by atoms with Gasteiger partial charge in [-0.3, -0.25) is 4.79 Å². The minimum absolute atomic E-state index is 0.223. The van der Waals surface area contributed by atoms with Gasteiger partial charge in [-0.2, -0.15) is 0 Å². The smallest absolute Gasteiger partial charge is 0.258 e. The lowest BCUT2D eigenvalue weighted by atomic mass is 9.91. The summed E-state index contributed by atoms with van der Waals surface area (Å²) in [6.45, 7) is 2.26. The normalized spacial score (nSPS) is 18.7. The number of nitrogens with zero attached hydrogens (tertiary/aromatic N) is 3. The number of benzene rings is 1. The van der Waals surface area contributed by atoms with Crippen LogP contribution in [-0.2, 0) is 0 Å². The van der Waals surface area contributed by atoms with Crippen molar-refractivity contribution in [3.05, 3.63) is 52.1 Å². The number of likely N-dealkylation sites (tertiary alicyclic amines) is 1. The molecule has 4 rings (SSSR count). The molecule has 1 aromatic carbocycles. The highest BCUT2D eigenvalue weighted by atomic mass is 35.5. The van der Waals surface area contributed by atoms with Crippen LogP contribution in [0.25, 0.3) is 0 Å². The number of rotatable bonds is 5. The second kappa shape index (κ2) is 10.2. The van der Waals surface area contributed by atoms with Gasteiger partial charge < -0.3 is 15.1 Å². The third-order valence-electron chi connectivity index (χ3n) is 6.69. The molecule has 1 aliphatic carbocycles. The first-order valence-electron chi connectivity index (χ1n) is 11.2. The lowest BCUT2D eigenvalue weighted by Gasteiger charge is -2.42. The standard InChI is InChI=1S/C24H30Cl2N4O/c1-29(19-11-13-30(14-12-19)20-5-3-2-4-6-20)22-9-7-17(25)15-21(22)24(31)28-23-10-8-18(26)16-27-23/h7-10,15-16,19-20H,2-6,11-14H2,1H3,(H,27,28,31). The maximum absolute atomic E-state index is 13.0. The minimum Gasteiger partial charge on any atom is -0.371 e. The number of carbonyl (C=O) groups is 1. The van der Waals surface area contributed by atoms with Crippen LogP contribution in [0.4, 0.5) is 11.5 Å². The summed E-state index contributed by atoms with van der Waals surface area (Å²) in [6, 6.07) is 10.1.